The average Bonchev–Trinajstić information content (AvgIpc) is 3.23. The summed E-state index contributed by atoms with van der Waals surface area (Å²) >= 11 is 1.59. The maximum Gasteiger partial charge on any atom is 0.205 e. The summed E-state index contributed by atoms with van der Waals surface area (Å²) in [6, 6.07) is 16.2. The summed E-state index contributed by atoms with van der Waals surface area (Å²) < 4.78 is 2.00. The molecule has 0 radical (unpaired) electrons. The molecule has 24 heavy (non-hydrogen) atoms. The number of fused-ring (bicyclic) bond motifs is 1. The molecule has 0 saturated carbocycles. The van der Waals surface area contributed by atoms with Crippen molar-refractivity contribution in [2.45, 2.75) is 12.8 Å². The second-order valence-corrected chi connectivity index (χ2v) is 6.45. The Morgan fingerprint density at radius 1 is 0.917 bits per heavy atom. The largest absolute Gasteiger partial charge is 0.360 e. The number of nitrogens with zero attached hydrogens (tertiary/aromatic N) is 5. The molecule has 0 bridgehead atoms. The number of pyridine rings is 1. The van der Waals surface area contributed by atoms with E-state index in [2.05, 4.69) is 37.8 Å². The van der Waals surface area contributed by atoms with Gasteiger partial charge in [-0.25, -0.2) is 0 Å². The maximum absolute atomic E-state index is 4.25. The third-order valence-electron chi connectivity index (χ3n) is 3.67. The first kappa shape index (κ1) is 14.8. The average molecular weight is 336 g/mol. The lowest BCUT2D eigenvalue weighted by atomic mass is 10.2. The van der Waals surface area contributed by atoms with Crippen LogP contribution in [0.4, 0.5) is 5.13 Å². The van der Waals surface area contributed by atoms with Crippen LogP contribution < -0.4 is 5.32 Å². The van der Waals surface area contributed by atoms with Crippen LogP contribution in [0.2, 0.25) is 0 Å². The highest BCUT2D eigenvalue weighted by atomic mass is 32.1. The molecule has 120 valence electrons. The van der Waals surface area contributed by atoms with E-state index >= 15 is 0 Å². The van der Waals surface area contributed by atoms with Crippen LogP contribution in [0.25, 0.3) is 5.65 Å². The van der Waals surface area contributed by atoms with E-state index in [9.17, 15) is 0 Å². The number of hydrogen-bond donors (Lipinski definition) is 1. The fraction of sp³-hybridized carbons (Fsp3) is 0.176. The number of anilines is 1. The predicted octanol–water partition coefficient (Wildman–Crippen LogP) is 2.83. The minimum absolute atomic E-state index is 0.746. The molecule has 0 amide bonds. The van der Waals surface area contributed by atoms with Crippen LogP contribution in [0.1, 0.15) is 16.4 Å². The van der Waals surface area contributed by atoms with Gasteiger partial charge in [0.1, 0.15) is 10.8 Å². The Hall–Kier alpha value is -2.80. The second-order valence-electron chi connectivity index (χ2n) is 5.39. The fourth-order valence-electron chi connectivity index (χ4n) is 2.51. The van der Waals surface area contributed by atoms with E-state index in [-0.39, 0.29) is 0 Å². The number of rotatable bonds is 6. The summed E-state index contributed by atoms with van der Waals surface area (Å²) in [7, 11) is 0. The quantitative estimate of drug-likeness (QED) is 0.586. The van der Waals surface area contributed by atoms with Crippen molar-refractivity contribution in [1.82, 2.24) is 24.8 Å². The van der Waals surface area contributed by atoms with Gasteiger partial charge in [-0.3, -0.25) is 4.40 Å². The molecular weight excluding hydrogens is 320 g/mol. The van der Waals surface area contributed by atoms with Gasteiger partial charge < -0.3 is 5.32 Å². The minimum atomic E-state index is 0.746. The van der Waals surface area contributed by atoms with Crippen LogP contribution in [0.5, 0.6) is 0 Å². The zero-order chi connectivity index (χ0) is 16.2. The van der Waals surface area contributed by atoms with E-state index in [4.69, 9.17) is 0 Å². The lowest BCUT2D eigenvalue weighted by Crippen LogP contribution is -2.07. The molecule has 4 aromatic rings. The molecule has 3 aromatic heterocycles. The minimum Gasteiger partial charge on any atom is -0.360 e. The Balaban J connectivity index is 1.35. The van der Waals surface area contributed by atoms with Gasteiger partial charge in [0.25, 0.3) is 0 Å². The van der Waals surface area contributed by atoms with E-state index in [1.165, 1.54) is 5.56 Å². The highest BCUT2D eigenvalue weighted by Crippen LogP contribution is 2.18. The van der Waals surface area contributed by atoms with Crippen LogP contribution in [-0.4, -0.2) is 31.3 Å². The van der Waals surface area contributed by atoms with Crippen molar-refractivity contribution in [2.75, 3.05) is 11.9 Å². The molecule has 3 heterocycles. The zero-order valence-corrected chi connectivity index (χ0v) is 13.8. The van der Waals surface area contributed by atoms with Crippen LogP contribution >= 0.6 is 11.3 Å². The van der Waals surface area contributed by atoms with E-state index in [0.717, 1.165) is 41.0 Å². The van der Waals surface area contributed by atoms with Gasteiger partial charge in [0.05, 0.1) is 0 Å². The zero-order valence-electron chi connectivity index (χ0n) is 13.0. The van der Waals surface area contributed by atoms with Gasteiger partial charge in [-0.1, -0.05) is 47.7 Å². The van der Waals surface area contributed by atoms with Crippen molar-refractivity contribution < 1.29 is 0 Å². The molecule has 0 saturated heterocycles. The molecule has 6 nitrogen and oxygen atoms in total. The number of benzene rings is 1. The second kappa shape index (κ2) is 6.76. The standard InChI is InChI=1S/C17H16N6S/c1-2-6-13(7-3-1)12-16-21-22-17(24-16)18-10-9-15-20-19-14-8-4-5-11-23(14)15/h1-8,11H,9-10,12H2,(H,18,22). The van der Waals surface area contributed by atoms with Crippen LogP contribution in [0.3, 0.4) is 0 Å². The molecule has 1 N–H and O–H groups in total. The normalized spacial score (nSPS) is 11.0. The van der Waals surface area contributed by atoms with Crippen molar-refractivity contribution in [3.8, 4) is 0 Å². The van der Waals surface area contributed by atoms with E-state index < -0.39 is 0 Å². The molecule has 0 aliphatic rings. The molecule has 0 aliphatic heterocycles. The van der Waals surface area contributed by atoms with Crippen molar-refractivity contribution >= 4 is 22.1 Å². The van der Waals surface area contributed by atoms with Crippen molar-refractivity contribution in [3.63, 3.8) is 0 Å². The molecule has 0 fully saturated rings. The van der Waals surface area contributed by atoms with E-state index in [0.29, 0.717) is 0 Å². The van der Waals surface area contributed by atoms with E-state index in [1.807, 2.05) is 47.0 Å². The molecule has 0 unspecified atom stereocenters. The molecule has 0 aliphatic carbocycles. The third-order valence-corrected chi connectivity index (χ3v) is 4.56. The van der Waals surface area contributed by atoms with Crippen molar-refractivity contribution in [3.05, 3.63) is 71.1 Å². The number of nitrogens with one attached hydrogen (secondary N) is 1. The molecule has 1 aromatic carbocycles. The first-order valence-electron chi connectivity index (χ1n) is 7.77. The highest BCUT2D eigenvalue weighted by molar-refractivity contribution is 7.15. The molecule has 4 rings (SSSR count). The summed E-state index contributed by atoms with van der Waals surface area (Å²) in [4.78, 5) is 0. The van der Waals surface area contributed by atoms with E-state index in [1.54, 1.807) is 11.3 Å². The fourth-order valence-corrected chi connectivity index (χ4v) is 3.31. The smallest absolute Gasteiger partial charge is 0.205 e. The summed E-state index contributed by atoms with van der Waals surface area (Å²) in [6.45, 7) is 0.746. The molecule has 7 heteroatoms. The lowest BCUT2D eigenvalue weighted by molar-refractivity contribution is 0.867. The highest BCUT2D eigenvalue weighted by Gasteiger charge is 2.07. The van der Waals surface area contributed by atoms with Crippen LogP contribution in [0.15, 0.2) is 54.7 Å². The Bertz CT molecular complexity index is 930. The summed E-state index contributed by atoms with van der Waals surface area (Å²) in [5.74, 6) is 0.937. The van der Waals surface area contributed by atoms with Gasteiger partial charge in [0.15, 0.2) is 5.65 Å². The molecular formula is C17H16N6S. The first-order valence-corrected chi connectivity index (χ1v) is 8.59. The van der Waals surface area contributed by atoms with Gasteiger partial charge in [0, 0.05) is 25.6 Å². The van der Waals surface area contributed by atoms with Gasteiger partial charge in [-0.05, 0) is 17.7 Å². The lowest BCUT2D eigenvalue weighted by Gasteiger charge is -2.01. The Labute approximate surface area is 143 Å². The summed E-state index contributed by atoms with van der Waals surface area (Å²) in [5.41, 5.74) is 2.11. The SMILES string of the molecule is c1ccc(Cc2nnc(NCCc3nnc4ccccn34)s2)cc1. The molecule has 0 spiro atoms. The monoisotopic (exact) mass is 336 g/mol. The van der Waals surface area contributed by atoms with Crippen molar-refractivity contribution in [1.29, 1.82) is 0 Å². The maximum atomic E-state index is 4.25. The summed E-state index contributed by atoms with van der Waals surface area (Å²) in [6.07, 6.45) is 3.57. The molecule has 0 atom stereocenters. The van der Waals surface area contributed by atoms with Crippen LogP contribution in [0, 0.1) is 0 Å². The third kappa shape index (κ3) is 3.26. The van der Waals surface area contributed by atoms with Gasteiger partial charge in [-0.15, -0.1) is 20.4 Å². The topological polar surface area (TPSA) is 68.0 Å². The van der Waals surface area contributed by atoms with Crippen molar-refractivity contribution in [2.24, 2.45) is 0 Å². The Kier molecular flexibility index (Phi) is 4.16. The predicted molar refractivity (Wildman–Crippen MR) is 94.3 cm³/mol. The Morgan fingerprint density at radius 2 is 1.79 bits per heavy atom. The number of hydrogen-bond acceptors (Lipinski definition) is 6. The van der Waals surface area contributed by atoms with Gasteiger partial charge in [0.2, 0.25) is 5.13 Å². The van der Waals surface area contributed by atoms with Gasteiger partial charge >= 0.3 is 0 Å². The summed E-state index contributed by atoms with van der Waals surface area (Å²) in [5, 5.41) is 22.0. The number of aromatic nitrogens is 5. The van der Waals surface area contributed by atoms with Crippen LogP contribution in [-0.2, 0) is 12.8 Å². The Morgan fingerprint density at radius 3 is 2.71 bits per heavy atom. The van der Waals surface area contributed by atoms with Gasteiger partial charge in [-0.2, -0.15) is 0 Å². The first-order chi connectivity index (χ1) is 11.9.